The van der Waals surface area contributed by atoms with Crippen molar-refractivity contribution in [3.05, 3.63) is 58.7 Å². The van der Waals surface area contributed by atoms with E-state index < -0.39 is 0 Å². The van der Waals surface area contributed by atoms with E-state index in [-0.39, 0.29) is 0 Å². The van der Waals surface area contributed by atoms with Gasteiger partial charge < -0.3 is 0 Å². The van der Waals surface area contributed by atoms with Crippen molar-refractivity contribution in [1.29, 1.82) is 0 Å². The molecule has 1 atom stereocenters. The van der Waals surface area contributed by atoms with Gasteiger partial charge in [-0.2, -0.15) is 0 Å². The third-order valence-corrected chi connectivity index (χ3v) is 8.88. The van der Waals surface area contributed by atoms with Crippen LogP contribution in [0.3, 0.4) is 0 Å². The fraction of sp³-hybridized carbons (Fsp3) is 0.440. The summed E-state index contributed by atoms with van der Waals surface area (Å²) in [6.45, 7) is 15.4. The summed E-state index contributed by atoms with van der Waals surface area (Å²) in [5, 5.41) is 11.4. The molecule has 0 amide bonds. The largest absolute Gasteiger partial charge is 0.283 e. The number of aryl methyl sites for hydroxylation is 1. The Morgan fingerprint density at radius 3 is 2.90 bits per heavy atom. The molecule has 0 saturated carbocycles. The molecule has 1 unspecified atom stereocenters. The Morgan fingerprint density at radius 1 is 1.32 bits per heavy atom. The van der Waals surface area contributed by atoms with Crippen LogP contribution < -0.4 is 4.90 Å². The first-order valence-electron chi connectivity index (χ1n) is 11.2. The fourth-order valence-electron chi connectivity index (χ4n) is 4.98. The number of allylic oxidation sites excluding steroid dienone is 4. The van der Waals surface area contributed by atoms with E-state index in [1.54, 1.807) is 11.8 Å². The highest BCUT2D eigenvalue weighted by Gasteiger charge is 2.38. The van der Waals surface area contributed by atoms with Gasteiger partial charge in [-0.05, 0) is 62.5 Å². The average molecular weight is 451 g/mol. The zero-order valence-electron chi connectivity index (χ0n) is 18.6. The van der Waals surface area contributed by atoms with E-state index in [0.717, 1.165) is 47.7 Å². The number of aromatic nitrogens is 3. The highest BCUT2D eigenvalue weighted by Crippen LogP contribution is 2.50. The van der Waals surface area contributed by atoms with Gasteiger partial charge in [0.15, 0.2) is 5.16 Å². The number of hydrogen-bond donors (Lipinski definition) is 0. The van der Waals surface area contributed by atoms with Gasteiger partial charge in [-0.15, -0.1) is 28.1 Å². The third-order valence-electron chi connectivity index (χ3n) is 6.68. The number of thioether (sulfide) groups is 1. The molecular weight excluding hydrogens is 420 g/mol. The van der Waals surface area contributed by atoms with Gasteiger partial charge in [0, 0.05) is 21.9 Å². The Balaban J connectivity index is 1.69. The Hall–Kier alpha value is -2.05. The lowest BCUT2D eigenvalue weighted by Crippen LogP contribution is -2.29. The molecule has 162 valence electrons. The van der Waals surface area contributed by atoms with Gasteiger partial charge >= 0.3 is 0 Å². The van der Waals surface area contributed by atoms with E-state index in [9.17, 15) is 0 Å². The molecule has 0 N–H and O–H groups in total. The van der Waals surface area contributed by atoms with E-state index in [1.807, 2.05) is 17.4 Å². The van der Waals surface area contributed by atoms with Crippen LogP contribution in [-0.4, -0.2) is 20.5 Å². The molecular formula is C25H30N4S2. The van der Waals surface area contributed by atoms with E-state index >= 15 is 0 Å². The van der Waals surface area contributed by atoms with Gasteiger partial charge in [-0.3, -0.25) is 4.90 Å². The van der Waals surface area contributed by atoms with Crippen LogP contribution in [0.4, 0.5) is 5.95 Å². The summed E-state index contributed by atoms with van der Waals surface area (Å²) >= 11 is 3.62. The quantitative estimate of drug-likeness (QED) is 0.371. The second-order valence-corrected chi connectivity index (χ2v) is 11.1. The van der Waals surface area contributed by atoms with Crippen molar-refractivity contribution < 1.29 is 0 Å². The summed E-state index contributed by atoms with van der Waals surface area (Å²) in [7, 11) is 0. The Labute approximate surface area is 193 Å². The molecule has 0 aromatic carbocycles. The Bertz CT molecular complexity index is 1110. The van der Waals surface area contributed by atoms with Crippen molar-refractivity contribution in [2.24, 2.45) is 11.8 Å². The third kappa shape index (κ3) is 3.44. The summed E-state index contributed by atoms with van der Waals surface area (Å²) in [6, 6.07) is 0. The van der Waals surface area contributed by atoms with Crippen molar-refractivity contribution in [3.63, 3.8) is 0 Å². The molecule has 5 rings (SSSR count). The molecule has 1 aliphatic heterocycles. The molecule has 3 heterocycles. The summed E-state index contributed by atoms with van der Waals surface area (Å²) in [5.74, 6) is 3.14. The number of fused-ring (bicyclic) bond motifs is 5. The summed E-state index contributed by atoms with van der Waals surface area (Å²) in [4.78, 5) is 3.80. The molecule has 3 aliphatic rings. The average Bonchev–Trinajstić information content (AvgIpc) is 3.33. The van der Waals surface area contributed by atoms with Crippen LogP contribution in [0.2, 0.25) is 0 Å². The smallest absolute Gasteiger partial charge is 0.242 e. The number of hydrogen-bond acceptors (Lipinski definition) is 5. The molecule has 6 heteroatoms. The van der Waals surface area contributed by atoms with Crippen molar-refractivity contribution in [2.75, 3.05) is 10.7 Å². The van der Waals surface area contributed by atoms with Crippen molar-refractivity contribution in [1.82, 2.24) is 14.8 Å². The Kier molecular flexibility index (Phi) is 5.47. The first kappa shape index (κ1) is 20.8. The molecule has 31 heavy (non-hydrogen) atoms. The lowest BCUT2D eigenvalue weighted by Gasteiger charge is -2.34. The first-order chi connectivity index (χ1) is 15.0. The van der Waals surface area contributed by atoms with E-state index in [0.29, 0.717) is 5.92 Å². The minimum absolute atomic E-state index is 0.703. The van der Waals surface area contributed by atoms with Crippen molar-refractivity contribution >= 4 is 34.7 Å². The summed E-state index contributed by atoms with van der Waals surface area (Å²) in [5.41, 5.74) is 6.48. The first-order valence-corrected chi connectivity index (χ1v) is 13.0. The highest BCUT2D eigenvalue weighted by atomic mass is 32.2. The van der Waals surface area contributed by atoms with E-state index in [1.165, 1.54) is 45.1 Å². The number of anilines is 1. The maximum atomic E-state index is 4.66. The predicted octanol–water partition coefficient (Wildman–Crippen LogP) is 6.78. The molecule has 0 bridgehead atoms. The molecule has 2 aliphatic carbocycles. The van der Waals surface area contributed by atoms with Crippen LogP contribution in [0, 0.1) is 11.8 Å². The maximum absolute atomic E-state index is 4.66. The van der Waals surface area contributed by atoms with Gasteiger partial charge in [0.25, 0.3) is 0 Å². The lowest BCUT2D eigenvalue weighted by atomic mass is 9.79. The van der Waals surface area contributed by atoms with Gasteiger partial charge in [-0.25, -0.2) is 4.57 Å². The summed E-state index contributed by atoms with van der Waals surface area (Å²) < 4.78 is 2.28. The monoisotopic (exact) mass is 450 g/mol. The minimum atomic E-state index is 0.703. The van der Waals surface area contributed by atoms with Crippen LogP contribution in [-0.2, 0) is 12.8 Å². The van der Waals surface area contributed by atoms with E-state index in [4.69, 9.17) is 0 Å². The second-order valence-electron chi connectivity index (χ2n) is 9.05. The van der Waals surface area contributed by atoms with Gasteiger partial charge in [0.1, 0.15) is 5.00 Å². The van der Waals surface area contributed by atoms with Crippen molar-refractivity contribution in [2.45, 2.75) is 58.0 Å². The molecule has 2 aromatic heterocycles. The maximum Gasteiger partial charge on any atom is 0.242 e. The van der Waals surface area contributed by atoms with E-state index in [2.05, 4.69) is 65.7 Å². The minimum Gasteiger partial charge on any atom is -0.283 e. The molecule has 0 saturated heterocycles. The zero-order valence-corrected chi connectivity index (χ0v) is 20.3. The van der Waals surface area contributed by atoms with Crippen LogP contribution in [0.5, 0.6) is 0 Å². The van der Waals surface area contributed by atoms with Crippen LogP contribution in [0.1, 0.15) is 56.0 Å². The molecule has 0 fully saturated rings. The lowest BCUT2D eigenvalue weighted by molar-refractivity contribution is 0.345. The number of thiophene rings is 1. The predicted molar refractivity (Wildman–Crippen MR) is 133 cm³/mol. The van der Waals surface area contributed by atoms with Crippen LogP contribution >= 0.6 is 23.1 Å². The fourth-order valence-corrected chi connectivity index (χ4v) is 7.07. The second kappa shape index (κ2) is 8.14. The standard InChI is InChI=1S/C25H30N4S2/c1-6-12-30-25-27-26-24-28(19-9-7-8-16(4)13-19)17(5)22-20-14-18(15(2)3)10-11-21(20)31-23(22)29(24)25/h6,8,13,15,18H,1,5,7,9-12,14H2,2-4H3. The number of nitrogens with zero attached hydrogens (tertiary/aromatic N) is 4. The highest BCUT2D eigenvalue weighted by molar-refractivity contribution is 7.99. The van der Waals surface area contributed by atoms with Crippen LogP contribution in [0.25, 0.3) is 10.7 Å². The van der Waals surface area contributed by atoms with Gasteiger partial charge in [0.05, 0.1) is 5.70 Å². The number of rotatable bonds is 5. The van der Waals surface area contributed by atoms with Gasteiger partial charge in [0.2, 0.25) is 5.95 Å². The Morgan fingerprint density at radius 2 is 2.16 bits per heavy atom. The topological polar surface area (TPSA) is 34.0 Å². The van der Waals surface area contributed by atoms with Crippen molar-refractivity contribution in [3.8, 4) is 5.00 Å². The zero-order chi connectivity index (χ0) is 21.7. The van der Waals surface area contributed by atoms with Crippen LogP contribution in [0.15, 0.2) is 47.8 Å². The molecule has 0 spiro atoms. The summed E-state index contributed by atoms with van der Waals surface area (Å²) in [6.07, 6.45) is 12.2. The molecule has 4 nitrogen and oxygen atoms in total. The molecule has 2 aromatic rings. The normalized spacial score (nSPS) is 20.2. The SMILES string of the molecule is C=CCSc1nnc2n1-c1sc3c(c1C(=C)N2C1=CC(C)=CCC1)CC(C(C)C)CC3. The molecule has 0 radical (unpaired) electrons. The van der Waals surface area contributed by atoms with Gasteiger partial charge in [-0.1, -0.05) is 49.9 Å².